The smallest absolute Gasteiger partial charge is 0.175 e. The molecule has 0 aliphatic heterocycles. The number of benzene rings is 1. The fourth-order valence-electron chi connectivity index (χ4n) is 1.48. The van der Waals surface area contributed by atoms with E-state index in [1.54, 1.807) is 0 Å². The number of imidazole rings is 1. The first-order valence-corrected chi connectivity index (χ1v) is 5.51. The molecule has 78 valence electrons. The van der Waals surface area contributed by atoms with Gasteiger partial charge in [0.25, 0.3) is 0 Å². The van der Waals surface area contributed by atoms with Gasteiger partial charge in [0.05, 0.1) is 11.4 Å². The number of aryl methyl sites for hydroxylation is 1. The number of hydrogen-bond acceptors (Lipinski definition) is 2. The Bertz CT molecular complexity index is 459. The molecule has 0 atom stereocenters. The Morgan fingerprint density at radius 2 is 2.00 bits per heavy atom. The summed E-state index contributed by atoms with van der Waals surface area (Å²) in [5.74, 6) is 0. The van der Waals surface area contributed by atoms with Gasteiger partial charge in [0.15, 0.2) is 4.73 Å². The van der Waals surface area contributed by atoms with E-state index in [9.17, 15) is 0 Å². The minimum atomic E-state index is 0.460. The standard InChI is InChI=1S/C11H12BrN3/c1-7-2-4-8(5-3-7)10-9(6-13)14-11(12)15-10/h2-5H,6,13H2,1H3,(H,14,15). The third-order valence-corrected chi connectivity index (χ3v) is 2.65. The molecule has 0 bridgehead atoms. The lowest BCUT2D eigenvalue weighted by Crippen LogP contribution is -1.98. The van der Waals surface area contributed by atoms with Gasteiger partial charge in [0.2, 0.25) is 0 Å². The van der Waals surface area contributed by atoms with E-state index in [1.807, 2.05) is 0 Å². The van der Waals surface area contributed by atoms with Gasteiger partial charge in [-0.05, 0) is 22.9 Å². The molecule has 0 aliphatic carbocycles. The fraction of sp³-hybridized carbons (Fsp3) is 0.182. The lowest BCUT2D eigenvalue weighted by Gasteiger charge is -2.00. The van der Waals surface area contributed by atoms with Crippen LogP contribution >= 0.6 is 15.9 Å². The lowest BCUT2D eigenvalue weighted by molar-refractivity contribution is 1.01. The quantitative estimate of drug-likeness (QED) is 0.877. The number of halogens is 1. The zero-order valence-electron chi connectivity index (χ0n) is 8.42. The fourth-order valence-corrected chi connectivity index (χ4v) is 1.89. The highest BCUT2D eigenvalue weighted by Crippen LogP contribution is 2.23. The van der Waals surface area contributed by atoms with E-state index >= 15 is 0 Å². The summed E-state index contributed by atoms with van der Waals surface area (Å²) in [7, 11) is 0. The van der Waals surface area contributed by atoms with E-state index in [2.05, 4.69) is 57.1 Å². The highest BCUT2D eigenvalue weighted by atomic mass is 79.9. The molecule has 0 saturated carbocycles. The van der Waals surface area contributed by atoms with Gasteiger partial charge in [0.1, 0.15) is 0 Å². The molecule has 1 heterocycles. The minimum Gasteiger partial charge on any atom is -0.335 e. The van der Waals surface area contributed by atoms with E-state index in [1.165, 1.54) is 5.56 Å². The van der Waals surface area contributed by atoms with Crippen LogP contribution in [0.5, 0.6) is 0 Å². The van der Waals surface area contributed by atoms with Crippen LogP contribution in [-0.4, -0.2) is 9.97 Å². The first kappa shape index (κ1) is 10.4. The molecule has 2 aromatic rings. The average Bonchev–Trinajstić information content (AvgIpc) is 2.61. The SMILES string of the molecule is Cc1ccc(-c2nc(Br)[nH]c2CN)cc1. The molecule has 2 rings (SSSR count). The van der Waals surface area contributed by atoms with Gasteiger partial charge in [-0.15, -0.1) is 0 Å². The first-order valence-electron chi connectivity index (χ1n) is 4.72. The average molecular weight is 266 g/mol. The Labute approximate surface area is 96.9 Å². The molecule has 1 aromatic carbocycles. The van der Waals surface area contributed by atoms with Crippen molar-refractivity contribution in [3.05, 3.63) is 40.3 Å². The van der Waals surface area contributed by atoms with Crippen LogP contribution in [0.4, 0.5) is 0 Å². The van der Waals surface area contributed by atoms with Gasteiger partial charge in [-0.2, -0.15) is 0 Å². The Morgan fingerprint density at radius 3 is 2.60 bits per heavy atom. The summed E-state index contributed by atoms with van der Waals surface area (Å²) in [6, 6.07) is 8.24. The van der Waals surface area contributed by atoms with Crippen molar-refractivity contribution in [2.24, 2.45) is 5.73 Å². The molecule has 0 radical (unpaired) electrons. The van der Waals surface area contributed by atoms with Crippen molar-refractivity contribution in [1.82, 2.24) is 9.97 Å². The van der Waals surface area contributed by atoms with Crippen molar-refractivity contribution in [3.8, 4) is 11.3 Å². The molecule has 0 saturated heterocycles. The molecular weight excluding hydrogens is 254 g/mol. The summed E-state index contributed by atoms with van der Waals surface area (Å²) in [6.07, 6.45) is 0. The number of aromatic nitrogens is 2. The van der Waals surface area contributed by atoms with Crippen molar-refractivity contribution in [2.75, 3.05) is 0 Å². The Morgan fingerprint density at radius 1 is 1.33 bits per heavy atom. The number of H-pyrrole nitrogens is 1. The number of nitrogens with two attached hydrogens (primary N) is 1. The van der Waals surface area contributed by atoms with Crippen molar-refractivity contribution in [1.29, 1.82) is 0 Å². The van der Waals surface area contributed by atoms with Gasteiger partial charge in [0, 0.05) is 12.1 Å². The molecule has 0 amide bonds. The Kier molecular flexibility index (Phi) is 2.88. The van der Waals surface area contributed by atoms with Crippen LogP contribution in [0.15, 0.2) is 29.0 Å². The highest BCUT2D eigenvalue weighted by molar-refractivity contribution is 9.10. The summed E-state index contributed by atoms with van der Waals surface area (Å²) in [5.41, 5.74) is 9.83. The van der Waals surface area contributed by atoms with Crippen LogP contribution in [0, 0.1) is 6.92 Å². The van der Waals surface area contributed by atoms with Gasteiger partial charge in [-0.1, -0.05) is 29.8 Å². The predicted octanol–water partition coefficient (Wildman–Crippen LogP) is 2.61. The summed E-state index contributed by atoms with van der Waals surface area (Å²) in [4.78, 5) is 7.45. The van der Waals surface area contributed by atoms with Crippen LogP contribution in [-0.2, 0) is 6.54 Å². The van der Waals surface area contributed by atoms with Crippen LogP contribution in [0.3, 0.4) is 0 Å². The second-order valence-corrected chi connectivity index (χ2v) is 4.18. The molecule has 0 spiro atoms. The highest BCUT2D eigenvalue weighted by Gasteiger charge is 2.08. The van der Waals surface area contributed by atoms with E-state index in [0.29, 0.717) is 6.54 Å². The van der Waals surface area contributed by atoms with Crippen LogP contribution < -0.4 is 5.73 Å². The maximum atomic E-state index is 5.64. The largest absolute Gasteiger partial charge is 0.335 e. The zero-order chi connectivity index (χ0) is 10.8. The molecule has 15 heavy (non-hydrogen) atoms. The Hall–Kier alpha value is -1.13. The van der Waals surface area contributed by atoms with Gasteiger partial charge < -0.3 is 10.7 Å². The summed E-state index contributed by atoms with van der Waals surface area (Å²) in [6.45, 7) is 2.52. The van der Waals surface area contributed by atoms with E-state index < -0.39 is 0 Å². The van der Waals surface area contributed by atoms with Gasteiger partial charge >= 0.3 is 0 Å². The van der Waals surface area contributed by atoms with Gasteiger partial charge in [-0.3, -0.25) is 0 Å². The van der Waals surface area contributed by atoms with Crippen molar-refractivity contribution < 1.29 is 0 Å². The number of nitrogens with one attached hydrogen (secondary N) is 1. The van der Waals surface area contributed by atoms with Crippen molar-refractivity contribution in [2.45, 2.75) is 13.5 Å². The van der Waals surface area contributed by atoms with E-state index in [4.69, 9.17) is 5.73 Å². The lowest BCUT2D eigenvalue weighted by atomic mass is 10.1. The third-order valence-electron chi connectivity index (χ3n) is 2.28. The van der Waals surface area contributed by atoms with Crippen LogP contribution in [0.1, 0.15) is 11.3 Å². The molecular formula is C11H12BrN3. The van der Waals surface area contributed by atoms with Crippen LogP contribution in [0.2, 0.25) is 0 Å². The molecule has 0 fully saturated rings. The first-order chi connectivity index (χ1) is 7.20. The number of rotatable bonds is 2. The molecule has 3 nitrogen and oxygen atoms in total. The second kappa shape index (κ2) is 4.16. The van der Waals surface area contributed by atoms with Gasteiger partial charge in [-0.25, -0.2) is 4.98 Å². The molecule has 4 heteroatoms. The van der Waals surface area contributed by atoms with Crippen molar-refractivity contribution >= 4 is 15.9 Å². The molecule has 1 aromatic heterocycles. The minimum absolute atomic E-state index is 0.460. The van der Waals surface area contributed by atoms with E-state index in [0.717, 1.165) is 21.7 Å². The summed E-state index contributed by atoms with van der Waals surface area (Å²) >= 11 is 3.31. The molecule has 3 N–H and O–H groups in total. The maximum absolute atomic E-state index is 5.64. The third kappa shape index (κ3) is 2.11. The Balaban J connectivity index is 2.48. The maximum Gasteiger partial charge on any atom is 0.175 e. The predicted molar refractivity (Wildman–Crippen MR) is 64.4 cm³/mol. The van der Waals surface area contributed by atoms with Crippen LogP contribution in [0.25, 0.3) is 11.3 Å². The van der Waals surface area contributed by atoms with E-state index in [-0.39, 0.29) is 0 Å². The molecule has 0 unspecified atom stereocenters. The summed E-state index contributed by atoms with van der Waals surface area (Å²) < 4.78 is 0.721. The number of aromatic amines is 1. The summed E-state index contributed by atoms with van der Waals surface area (Å²) in [5, 5.41) is 0. The topological polar surface area (TPSA) is 54.7 Å². The van der Waals surface area contributed by atoms with Crippen molar-refractivity contribution in [3.63, 3.8) is 0 Å². The molecule has 0 aliphatic rings. The monoisotopic (exact) mass is 265 g/mol. The zero-order valence-corrected chi connectivity index (χ0v) is 10.0. The second-order valence-electron chi connectivity index (χ2n) is 3.42. The number of hydrogen-bond donors (Lipinski definition) is 2. The normalized spacial score (nSPS) is 10.6. The number of nitrogens with zero attached hydrogens (tertiary/aromatic N) is 1.